The monoisotopic (exact) mass is 553 g/mol. The summed E-state index contributed by atoms with van der Waals surface area (Å²) in [4.78, 5) is 29.3. The number of fused-ring (bicyclic) bond motifs is 2. The van der Waals surface area contributed by atoms with Crippen molar-refractivity contribution in [1.29, 1.82) is 0 Å². The van der Waals surface area contributed by atoms with Gasteiger partial charge in [0, 0.05) is 28.4 Å². The molecule has 0 saturated heterocycles. The summed E-state index contributed by atoms with van der Waals surface area (Å²) in [7, 11) is 3.15. The van der Waals surface area contributed by atoms with Crippen molar-refractivity contribution in [3.63, 3.8) is 0 Å². The Hall–Kier alpha value is -4.02. The van der Waals surface area contributed by atoms with Crippen molar-refractivity contribution in [2.45, 2.75) is 52.7 Å². The van der Waals surface area contributed by atoms with Gasteiger partial charge >= 0.3 is 0 Å². The molecule has 0 aliphatic carbocycles. The molecule has 0 spiro atoms. The minimum absolute atomic E-state index is 0.186. The van der Waals surface area contributed by atoms with E-state index in [4.69, 9.17) is 29.8 Å². The smallest absolute Gasteiger partial charge is 0.254 e. The standard InChI is InChI=1S/C15H20N2O3.C15H19NO4/c1-3-4-7-20-14-12(19-2)6-5-10-8-11(9-16)15(18)17-13(10)14;1-3-4-7-20-14-12(19-2)6-5-10-8-11(9-17)15(18)16-13(10)14/h5-6,8H,3-4,7,9,16H2,1-2H3,(H,17,18);5-6,8,17H,3-4,7,9H2,1-2H3,(H,16,18). The molecule has 40 heavy (non-hydrogen) atoms. The summed E-state index contributed by atoms with van der Waals surface area (Å²) in [5.41, 5.74) is 7.21. The number of aromatic nitrogens is 2. The zero-order chi connectivity index (χ0) is 29.1. The Kier molecular flexibility index (Phi) is 11.4. The fourth-order valence-corrected chi connectivity index (χ4v) is 4.06. The molecule has 0 fully saturated rings. The van der Waals surface area contributed by atoms with Crippen molar-refractivity contribution in [2.24, 2.45) is 5.73 Å². The van der Waals surface area contributed by atoms with Crippen LogP contribution in [-0.4, -0.2) is 42.5 Å². The van der Waals surface area contributed by atoms with Crippen LogP contribution in [0.5, 0.6) is 23.0 Å². The van der Waals surface area contributed by atoms with Crippen LogP contribution in [0.25, 0.3) is 21.8 Å². The van der Waals surface area contributed by atoms with E-state index in [-0.39, 0.29) is 24.3 Å². The van der Waals surface area contributed by atoms with Crippen LogP contribution in [0.4, 0.5) is 0 Å². The quantitative estimate of drug-likeness (QED) is 0.189. The number of nitrogens with one attached hydrogen (secondary N) is 2. The lowest BCUT2D eigenvalue weighted by molar-refractivity contribution is 0.280. The third kappa shape index (κ3) is 7.13. The van der Waals surface area contributed by atoms with Gasteiger partial charge in [0.15, 0.2) is 23.0 Å². The third-order valence-electron chi connectivity index (χ3n) is 6.35. The van der Waals surface area contributed by atoms with Crippen LogP contribution in [0.1, 0.15) is 50.7 Å². The first-order valence-corrected chi connectivity index (χ1v) is 13.4. The van der Waals surface area contributed by atoms with E-state index in [9.17, 15) is 9.59 Å². The first kappa shape index (κ1) is 30.5. The number of nitrogens with two attached hydrogens (primary N) is 1. The molecule has 0 amide bonds. The highest BCUT2D eigenvalue weighted by Crippen LogP contribution is 2.35. The van der Waals surface area contributed by atoms with E-state index in [1.54, 1.807) is 32.4 Å². The minimum Gasteiger partial charge on any atom is -0.493 e. The molecule has 0 aliphatic heterocycles. The number of pyridine rings is 2. The Bertz CT molecular complexity index is 1410. The van der Waals surface area contributed by atoms with E-state index in [1.807, 2.05) is 18.2 Å². The number of rotatable bonds is 12. The maximum absolute atomic E-state index is 11.9. The lowest BCUT2D eigenvalue weighted by atomic mass is 10.1. The van der Waals surface area contributed by atoms with Gasteiger partial charge in [-0.3, -0.25) is 9.59 Å². The molecule has 10 nitrogen and oxygen atoms in total. The Balaban J connectivity index is 0.000000220. The molecule has 216 valence electrons. The first-order chi connectivity index (χ1) is 19.4. The Morgan fingerprint density at radius 1 is 0.750 bits per heavy atom. The number of aromatic amines is 2. The van der Waals surface area contributed by atoms with Gasteiger partial charge in [-0.1, -0.05) is 26.7 Å². The van der Waals surface area contributed by atoms with Crippen LogP contribution in [0, 0.1) is 0 Å². The topological polar surface area (TPSA) is 149 Å². The zero-order valence-electron chi connectivity index (χ0n) is 23.6. The van der Waals surface area contributed by atoms with Crippen molar-refractivity contribution < 1.29 is 24.1 Å². The first-order valence-electron chi connectivity index (χ1n) is 13.4. The van der Waals surface area contributed by atoms with Crippen LogP contribution >= 0.6 is 0 Å². The van der Waals surface area contributed by atoms with E-state index in [2.05, 4.69) is 23.8 Å². The van der Waals surface area contributed by atoms with E-state index < -0.39 is 0 Å². The maximum Gasteiger partial charge on any atom is 0.254 e. The molecule has 5 N–H and O–H groups in total. The average molecular weight is 554 g/mol. The second kappa shape index (κ2) is 14.9. The van der Waals surface area contributed by atoms with Gasteiger partial charge < -0.3 is 39.8 Å². The molecule has 4 rings (SSSR count). The van der Waals surface area contributed by atoms with E-state index in [0.717, 1.165) is 36.5 Å². The molecule has 0 atom stereocenters. The highest BCUT2D eigenvalue weighted by atomic mass is 16.5. The molecule has 0 unspecified atom stereocenters. The number of methoxy groups -OCH3 is 2. The Labute approximate surface area is 233 Å². The number of H-pyrrole nitrogens is 2. The molecule has 0 saturated carbocycles. The number of aliphatic hydroxyl groups is 1. The van der Waals surface area contributed by atoms with Gasteiger partial charge in [-0.15, -0.1) is 0 Å². The van der Waals surface area contributed by atoms with Crippen LogP contribution in [0.2, 0.25) is 0 Å². The lowest BCUT2D eigenvalue weighted by Gasteiger charge is -2.13. The van der Waals surface area contributed by atoms with Crippen LogP contribution in [0.3, 0.4) is 0 Å². The number of benzene rings is 2. The summed E-state index contributed by atoms with van der Waals surface area (Å²) < 4.78 is 22.1. The van der Waals surface area contributed by atoms with E-state index >= 15 is 0 Å². The summed E-state index contributed by atoms with van der Waals surface area (Å²) in [6.07, 6.45) is 3.95. The summed E-state index contributed by atoms with van der Waals surface area (Å²) in [6.45, 7) is 5.26. The van der Waals surface area contributed by atoms with Crippen LogP contribution < -0.4 is 35.8 Å². The highest BCUT2D eigenvalue weighted by molar-refractivity contribution is 5.88. The summed E-state index contributed by atoms with van der Waals surface area (Å²) >= 11 is 0. The minimum atomic E-state index is -0.311. The second-order valence-corrected chi connectivity index (χ2v) is 9.14. The SMILES string of the molecule is CCCCOc1c(OC)ccc2cc(CN)c(=O)[nH]c12.CCCCOc1c(OC)ccc2cc(CO)c(=O)[nH]c12. The second-order valence-electron chi connectivity index (χ2n) is 9.14. The van der Waals surface area contributed by atoms with Crippen molar-refractivity contribution in [3.8, 4) is 23.0 Å². The fourth-order valence-electron chi connectivity index (χ4n) is 4.06. The highest BCUT2D eigenvalue weighted by Gasteiger charge is 2.14. The van der Waals surface area contributed by atoms with Crippen molar-refractivity contribution in [3.05, 3.63) is 68.2 Å². The number of aliphatic hydroxyl groups excluding tert-OH is 1. The van der Waals surface area contributed by atoms with Gasteiger partial charge in [0.1, 0.15) is 0 Å². The van der Waals surface area contributed by atoms with Gasteiger partial charge in [-0.25, -0.2) is 0 Å². The summed E-state index contributed by atoms with van der Waals surface area (Å²) in [5, 5.41) is 10.8. The van der Waals surface area contributed by atoms with Crippen molar-refractivity contribution in [1.82, 2.24) is 9.97 Å². The number of hydrogen-bond acceptors (Lipinski definition) is 8. The zero-order valence-corrected chi connectivity index (χ0v) is 23.6. The molecule has 10 heteroatoms. The molecular weight excluding hydrogens is 514 g/mol. The number of unbranched alkanes of at least 4 members (excludes halogenated alkanes) is 2. The van der Waals surface area contributed by atoms with Crippen LogP contribution in [-0.2, 0) is 13.2 Å². The average Bonchev–Trinajstić information content (AvgIpc) is 2.97. The molecule has 2 heterocycles. The predicted octanol–water partition coefficient (Wildman–Crippen LogP) is 4.38. The van der Waals surface area contributed by atoms with Gasteiger partial charge in [-0.05, 0) is 49.2 Å². The summed E-state index contributed by atoms with van der Waals surface area (Å²) in [6, 6.07) is 10.8. The lowest BCUT2D eigenvalue weighted by Crippen LogP contribution is -2.16. The Morgan fingerprint density at radius 2 is 1.20 bits per heavy atom. The predicted molar refractivity (Wildman–Crippen MR) is 157 cm³/mol. The maximum atomic E-state index is 11.9. The van der Waals surface area contributed by atoms with E-state index in [1.165, 1.54) is 0 Å². The molecule has 4 aromatic rings. The van der Waals surface area contributed by atoms with Crippen molar-refractivity contribution >= 4 is 21.8 Å². The van der Waals surface area contributed by atoms with E-state index in [0.29, 0.717) is 58.4 Å². The van der Waals surface area contributed by atoms with Gasteiger partial charge in [0.05, 0.1) is 45.1 Å². The third-order valence-corrected chi connectivity index (χ3v) is 6.35. The molecule has 0 radical (unpaired) electrons. The molecule has 2 aromatic carbocycles. The number of hydrogen-bond donors (Lipinski definition) is 4. The largest absolute Gasteiger partial charge is 0.493 e. The van der Waals surface area contributed by atoms with Gasteiger partial charge in [0.25, 0.3) is 11.1 Å². The molecular formula is C30H39N3O7. The van der Waals surface area contributed by atoms with Crippen LogP contribution in [0.15, 0.2) is 46.0 Å². The number of ether oxygens (including phenoxy) is 4. The van der Waals surface area contributed by atoms with Gasteiger partial charge in [0.2, 0.25) is 0 Å². The fraction of sp³-hybridized carbons (Fsp3) is 0.400. The molecule has 2 aromatic heterocycles. The normalized spacial score (nSPS) is 10.8. The van der Waals surface area contributed by atoms with Gasteiger partial charge in [-0.2, -0.15) is 0 Å². The Morgan fingerprint density at radius 3 is 1.60 bits per heavy atom. The van der Waals surface area contributed by atoms with Crippen molar-refractivity contribution in [2.75, 3.05) is 27.4 Å². The molecule has 0 aliphatic rings. The summed E-state index contributed by atoms with van der Waals surface area (Å²) in [5.74, 6) is 2.32. The molecule has 0 bridgehead atoms.